The van der Waals surface area contributed by atoms with E-state index in [4.69, 9.17) is 9.47 Å². The number of hydrogen-bond acceptors (Lipinski definition) is 4. The zero-order valence-electron chi connectivity index (χ0n) is 15.1. The summed E-state index contributed by atoms with van der Waals surface area (Å²) < 4.78 is 10.8. The molecule has 0 aromatic carbocycles. The van der Waals surface area contributed by atoms with Gasteiger partial charge in [-0.05, 0) is 38.0 Å². The molecule has 1 fully saturated rings. The molecule has 1 rings (SSSR count). The van der Waals surface area contributed by atoms with Crippen molar-refractivity contribution in [3.05, 3.63) is 0 Å². The second-order valence-electron chi connectivity index (χ2n) is 7.08. The molecule has 4 heteroatoms. The van der Waals surface area contributed by atoms with Crippen LogP contribution in [0.2, 0.25) is 0 Å². The van der Waals surface area contributed by atoms with Crippen LogP contribution in [0.25, 0.3) is 0 Å². The van der Waals surface area contributed by atoms with Gasteiger partial charge >= 0.3 is 11.9 Å². The van der Waals surface area contributed by atoms with E-state index in [1.54, 1.807) is 0 Å². The van der Waals surface area contributed by atoms with Crippen molar-refractivity contribution in [1.82, 2.24) is 0 Å². The topological polar surface area (TPSA) is 52.6 Å². The van der Waals surface area contributed by atoms with Crippen molar-refractivity contribution >= 4 is 11.9 Å². The van der Waals surface area contributed by atoms with Crippen LogP contribution in [0.5, 0.6) is 0 Å². The van der Waals surface area contributed by atoms with E-state index in [0.29, 0.717) is 19.1 Å². The van der Waals surface area contributed by atoms with Crippen LogP contribution in [0.15, 0.2) is 0 Å². The van der Waals surface area contributed by atoms with Gasteiger partial charge in [0.15, 0.2) is 0 Å². The molecule has 0 N–H and O–H groups in total. The van der Waals surface area contributed by atoms with Gasteiger partial charge in [0.05, 0.1) is 25.0 Å². The van der Waals surface area contributed by atoms with Crippen molar-refractivity contribution in [2.24, 2.45) is 17.8 Å². The molecule has 2 unspecified atom stereocenters. The summed E-state index contributed by atoms with van der Waals surface area (Å²) in [6, 6.07) is 0. The lowest BCUT2D eigenvalue weighted by Gasteiger charge is -2.28. The number of unbranched alkanes of at least 4 members (excludes halogenated alkanes) is 2. The van der Waals surface area contributed by atoms with Crippen LogP contribution in [0.4, 0.5) is 0 Å². The van der Waals surface area contributed by atoms with Crippen molar-refractivity contribution in [1.29, 1.82) is 0 Å². The molecule has 2 atom stereocenters. The van der Waals surface area contributed by atoms with Gasteiger partial charge in [0.1, 0.15) is 0 Å². The highest BCUT2D eigenvalue weighted by Gasteiger charge is 2.37. The molecule has 1 aliphatic carbocycles. The molecule has 0 aromatic rings. The fraction of sp³-hybridized carbons (Fsp3) is 0.895. The van der Waals surface area contributed by atoms with E-state index in [0.717, 1.165) is 57.8 Å². The maximum absolute atomic E-state index is 12.3. The first-order valence-corrected chi connectivity index (χ1v) is 9.39. The minimum atomic E-state index is -0.304. The predicted molar refractivity (Wildman–Crippen MR) is 91.0 cm³/mol. The Morgan fingerprint density at radius 3 is 1.91 bits per heavy atom. The van der Waals surface area contributed by atoms with Crippen molar-refractivity contribution in [2.45, 2.75) is 78.6 Å². The summed E-state index contributed by atoms with van der Waals surface area (Å²) in [6.45, 7) is 7.38. The molecule has 0 radical (unpaired) electrons. The van der Waals surface area contributed by atoms with Gasteiger partial charge in [-0.2, -0.15) is 0 Å². The van der Waals surface area contributed by atoms with Gasteiger partial charge in [0.25, 0.3) is 0 Å². The largest absolute Gasteiger partial charge is 0.465 e. The van der Waals surface area contributed by atoms with Crippen LogP contribution in [0.3, 0.4) is 0 Å². The number of esters is 2. The molecule has 1 aliphatic rings. The third kappa shape index (κ3) is 7.85. The maximum Gasteiger partial charge on any atom is 0.309 e. The highest BCUT2D eigenvalue weighted by atomic mass is 16.5. The standard InChI is InChI=1S/C19H34O4/c1-4-5-8-13-22-18(20)16-11-6-7-12-17(16)19(21)23-14-9-10-15(2)3/h15-17H,4-14H2,1-3H3. The van der Waals surface area contributed by atoms with Gasteiger partial charge in [0, 0.05) is 0 Å². The van der Waals surface area contributed by atoms with Crippen LogP contribution in [-0.2, 0) is 19.1 Å². The first kappa shape index (κ1) is 20.0. The highest BCUT2D eigenvalue weighted by molar-refractivity contribution is 5.82. The normalized spacial score (nSPS) is 21.2. The summed E-state index contributed by atoms with van der Waals surface area (Å²) >= 11 is 0. The average Bonchev–Trinajstić information content (AvgIpc) is 2.55. The Hall–Kier alpha value is -1.06. The van der Waals surface area contributed by atoms with Gasteiger partial charge in [-0.15, -0.1) is 0 Å². The summed E-state index contributed by atoms with van der Waals surface area (Å²) in [5.74, 6) is -0.396. The summed E-state index contributed by atoms with van der Waals surface area (Å²) in [7, 11) is 0. The van der Waals surface area contributed by atoms with Crippen molar-refractivity contribution in [3.63, 3.8) is 0 Å². The highest BCUT2D eigenvalue weighted by Crippen LogP contribution is 2.32. The third-order valence-electron chi connectivity index (χ3n) is 4.53. The predicted octanol–water partition coefficient (Wildman–Crippen LogP) is 4.51. The summed E-state index contributed by atoms with van der Waals surface area (Å²) in [5.41, 5.74) is 0. The fourth-order valence-electron chi connectivity index (χ4n) is 3.10. The van der Waals surface area contributed by atoms with E-state index in [-0.39, 0.29) is 23.8 Å². The monoisotopic (exact) mass is 326 g/mol. The quantitative estimate of drug-likeness (QED) is 0.438. The van der Waals surface area contributed by atoms with E-state index in [9.17, 15) is 9.59 Å². The van der Waals surface area contributed by atoms with E-state index >= 15 is 0 Å². The van der Waals surface area contributed by atoms with E-state index < -0.39 is 0 Å². The molecule has 23 heavy (non-hydrogen) atoms. The molecular formula is C19H34O4. The summed E-state index contributed by atoms with van der Waals surface area (Å²) in [4.78, 5) is 24.6. The Labute approximate surface area is 141 Å². The molecule has 0 aliphatic heterocycles. The second kappa shape index (κ2) is 11.5. The summed E-state index contributed by atoms with van der Waals surface area (Å²) in [6.07, 6.45) is 8.50. The number of rotatable bonds is 10. The first-order chi connectivity index (χ1) is 11.1. The van der Waals surface area contributed by atoms with Gasteiger partial charge in [-0.3, -0.25) is 9.59 Å². The Balaban J connectivity index is 2.40. The molecule has 0 amide bonds. The van der Waals surface area contributed by atoms with Crippen LogP contribution < -0.4 is 0 Å². The zero-order valence-corrected chi connectivity index (χ0v) is 15.1. The number of hydrogen-bond donors (Lipinski definition) is 0. The molecule has 0 heterocycles. The van der Waals surface area contributed by atoms with Gasteiger partial charge in [-0.1, -0.05) is 46.5 Å². The van der Waals surface area contributed by atoms with Crippen LogP contribution >= 0.6 is 0 Å². The number of carbonyl (C=O) groups is 2. The molecule has 0 bridgehead atoms. The lowest BCUT2D eigenvalue weighted by Crippen LogP contribution is -2.35. The lowest BCUT2D eigenvalue weighted by molar-refractivity contribution is -0.163. The molecule has 4 nitrogen and oxygen atoms in total. The minimum absolute atomic E-state index is 0.204. The van der Waals surface area contributed by atoms with Crippen LogP contribution in [0.1, 0.15) is 78.6 Å². The van der Waals surface area contributed by atoms with E-state index in [1.807, 2.05) is 0 Å². The molecule has 0 saturated heterocycles. The lowest BCUT2D eigenvalue weighted by atomic mass is 9.79. The Morgan fingerprint density at radius 1 is 0.913 bits per heavy atom. The summed E-state index contributed by atoms with van der Waals surface area (Å²) in [5, 5.41) is 0. The Morgan fingerprint density at radius 2 is 1.43 bits per heavy atom. The van der Waals surface area contributed by atoms with Crippen molar-refractivity contribution in [2.75, 3.05) is 13.2 Å². The zero-order chi connectivity index (χ0) is 17.1. The molecule has 1 saturated carbocycles. The third-order valence-corrected chi connectivity index (χ3v) is 4.53. The number of ether oxygens (including phenoxy) is 2. The number of carbonyl (C=O) groups excluding carboxylic acids is 2. The van der Waals surface area contributed by atoms with E-state index in [1.165, 1.54) is 0 Å². The SMILES string of the molecule is CCCCCOC(=O)C1CCCCC1C(=O)OCCCC(C)C. The van der Waals surface area contributed by atoms with Gasteiger partial charge in [0.2, 0.25) is 0 Å². The molecular weight excluding hydrogens is 292 g/mol. The Kier molecular flexibility index (Phi) is 9.97. The van der Waals surface area contributed by atoms with Gasteiger partial charge < -0.3 is 9.47 Å². The van der Waals surface area contributed by atoms with Crippen LogP contribution in [-0.4, -0.2) is 25.2 Å². The molecule has 134 valence electrons. The van der Waals surface area contributed by atoms with E-state index in [2.05, 4.69) is 20.8 Å². The molecule has 0 spiro atoms. The van der Waals surface area contributed by atoms with Crippen molar-refractivity contribution < 1.29 is 19.1 Å². The van der Waals surface area contributed by atoms with Gasteiger partial charge in [-0.25, -0.2) is 0 Å². The average molecular weight is 326 g/mol. The first-order valence-electron chi connectivity index (χ1n) is 9.39. The van der Waals surface area contributed by atoms with Crippen LogP contribution in [0, 0.1) is 17.8 Å². The smallest absolute Gasteiger partial charge is 0.309 e. The second-order valence-corrected chi connectivity index (χ2v) is 7.08. The Bertz CT molecular complexity index is 351. The maximum atomic E-state index is 12.3. The fourth-order valence-corrected chi connectivity index (χ4v) is 3.10. The van der Waals surface area contributed by atoms with Crippen molar-refractivity contribution in [3.8, 4) is 0 Å². The minimum Gasteiger partial charge on any atom is -0.465 e. The molecule has 0 aromatic heterocycles.